The van der Waals surface area contributed by atoms with Crippen molar-refractivity contribution < 1.29 is 9.84 Å². The molecule has 4 nitrogen and oxygen atoms in total. The summed E-state index contributed by atoms with van der Waals surface area (Å²) in [4.78, 5) is 4.31. The first kappa shape index (κ1) is 13.4. The predicted molar refractivity (Wildman–Crippen MR) is 83.2 cm³/mol. The number of para-hydroxylation sites is 1. The number of hydrogen-bond acceptors (Lipinski definition) is 4. The first-order chi connectivity index (χ1) is 10.2. The molecule has 0 bridgehead atoms. The van der Waals surface area contributed by atoms with Crippen molar-refractivity contribution in [1.82, 2.24) is 4.98 Å². The fraction of sp³-hybridized carbons (Fsp3) is 0.118. The van der Waals surface area contributed by atoms with Gasteiger partial charge in [0.1, 0.15) is 11.9 Å². The number of pyridine rings is 1. The van der Waals surface area contributed by atoms with Gasteiger partial charge in [0, 0.05) is 17.1 Å². The van der Waals surface area contributed by atoms with Crippen LogP contribution in [0, 0.1) is 0 Å². The maximum Gasteiger partial charge on any atom is 0.142 e. The number of hydrogen-bond donors (Lipinski definition) is 2. The first-order valence-electron chi connectivity index (χ1n) is 6.66. The maximum absolute atomic E-state index is 10.6. The maximum atomic E-state index is 10.6. The molecule has 3 aromatic rings. The molecule has 0 aliphatic heterocycles. The van der Waals surface area contributed by atoms with Crippen molar-refractivity contribution in [2.45, 2.75) is 6.10 Å². The van der Waals surface area contributed by atoms with Crippen LogP contribution in [-0.2, 0) is 0 Å². The lowest BCUT2D eigenvalue weighted by atomic mass is 9.98. The van der Waals surface area contributed by atoms with E-state index in [1.165, 1.54) is 0 Å². The lowest BCUT2D eigenvalue weighted by molar-refractivity contribution is 0.221. The summed E-state index contributed by atoms with van der Waals surface area (Å²) in [5.74, 6) is 0.561. The van der Waals surface area contributed by atoms with E-state index in [2.05, 4.69) is 4.98 Å². The summed E-state index contributed by atoms with van der Waals surface area (Å²) in [6.07, 6.45) is 0.921. The number of anilines is 1. The third-order valence-corrected chi connectivity index (χ3v) is 3.56. The van der Waals surface area contributed by atoms with Gasteiger partial charge in [-0.1, -0.05) is 30.3 Å². The summed E-state index contributed by atoms with van der Waals surface area (Å²) in [5, 5.41) is 11.6. The Labute approximate surface area is 122 Å². The number of aliphatic hydroxyl groups is 1. The summed E-state index contributed by atoms with van der Waals surface area (Å²) in [7, 11) is 1.56. The number of benzene rings is 2. The van der Waals surface area contributed by atoms with Crippen LogP contribution in [0.25, 0.3) is 10.9 Å². The van der Waals surface area contributed by atoms with Gasteiger partial charge in [0.2, 0.25) is 0 Å². The van der Waals surface area contributed by atoms with Crippen LogP contribution in [0.4, 0.5) is 5.69 Å². The minimum absolute atomic E-state index is 0.452. The van der Waals surface area contributed by atoms with Crippen molar-refractivity contribution in [1.29, 1.82) is 0 Å². The lowest BCUT2D eigenvalue weighted by Crippen LogP contribution is -2.05. The van der Waals surface area contributed by atoms with Gasteiger partial charge in [-0.15, -0.1) is 0 Å². The van der Waals surface area contributed by atoms with E-state index >= 15 is 0 Å². The number of aromatic nitrogens is 1. The van der Waals surface area contributed by atoms with Crippen LogP contribution in [0.15, 0.2) is 54.7 Å². The molecule has 0 saturated carbocycles. The number of nitrogens with zero attached hydrogens (tertiary/aromatic N) is 1. The van der Waals surface area contributed by atoms with Gasteiger partial charge in [0.15, 0.2) is 0 Å². The van der Waals surface area contributed by atoms with E-state index in [-0.39, 0.29) is 0 Å². The van der Waals surface area contributed by atoms with Gasteiger partial charge in [-0.3, -0.25) is 4.98 Å². The Bertz CT molecular complexity index is 787. The molecule has 1 aromatic heterocycles. The van der Waals surface area contributed by atoms with Gasteiger partial charge < -0.3 is 15.6 Å². The third kappa shape index (κ3) is 2.41. The zero-order valence-corrected chi connectivity index (χ0v) is 11.7. The molecule has 0 fully saturated rings. The first-order valence-corrected chi connectivity index (χ1v) is 6.66. The zero-order chi connectivity index (χ0) is 14.8. The van der Waals surface area contributed by atoms with Crippen molar-refractivity contribution >= 4 is 16.6 Å². The molecule has 0 amide bonds. The van der Waals surface area contributed by atoms with Crippen molar-refractivity contribution in [3.05, 3.63) is 65.9 Å². The monoisotopic (exact) mass is 280 g/mol. The molecule has 3 N–H and O–H groups in total. The highest BCUT2D eigenvalue weighted by atomic mass is 16.5. The third-order valence-electron chi connectivity index (χ3n) is 3.56. The van der Waals surface area contributed by atoms with Gasteiger partial charge in [-0.25, -0.2) is 0 Å². The Kier molecular flexibility index (Phi) is 3.46. The van der Waals surface area contributed by atoms with Crippen molar-refractivity contribution in [3.8, 4) is 5.75 Å². The molecular formula is C17H16N2O2. The second kappa shape index (κ2) is 5.42. The molecule has 0 saturated heterocycles. The topological polar surface area (TPSA) is 68.4 Å². The molecular weight excluding hydrogens is 264 g/mol. The Morgan fingerprint density at radius 2 is 2.00 bits per heavy atom. The predicted octanol–water partition coefficient (Wildman–Crippen LogP) is 2.91. The molecule has 21 heavy (non-hydrogen) atoms. The number of nitrogens with two attached hydrogens (primary N) is 1. The molecule has 0 radical (unpaired) electrons. The fourth-order valence-corrected chi connectivity index (χ4v) is 2.41. The molecule has 0 aliphatic rings. The van der Waals surface area contributed by atoms with E-state index in [4.69, 9.17) is 10.5 Å². The molecule has 1 atom stereocenters. The van der Waals surface area contributed by atoms with Gasteiger partial charge in [0.25, 0.3) is 0 Å². The summed E-state index contributed by atoms with van der Waals surface area (Å²) in [6, 6.07) is 15.0. The van der Waals surface area contributed by atoms with Crippen molar-refractivity contribution in [2.24, 2.45) is 0 Å². The average Bonchev–Trinajstić information content (AvgIpc) is 2.54. The molecule has 2 aromatic carbocycles. The number of fused-ring (bicyclic) bond motifs is 1. The van der Waals surface area contributed by atoms with Crippen LogP contribution in [0.3, 0.4) is 0 Å². The molecule has 4 heteroatoms. The SMILES string of the molecule is COc1cccc(C(O)c2ccc3cccnc3c2)c1N. The van der Waals surface area contributed by atoms with Gasteiger partial charge >= 0.3 is 0 Å². The Morgan fingerprint density at radius 1 is 1.14 bits per heavy atom. The van der Waals surface area contributed by atoms with Crippen LogP contribution in [0.5, 0.6) is 5.75 Å². The molecule has 0 aliphatic carbocycles. The quantitative estimate of drug-likeness (QED) is 0.724. The number of aliphatic hydroxyl groups excluding tert-OH is 1. The lowest BCUT2D eigenvalue weighted by Gasteiger charge is -2.16. The van der Waals surface area contributed by atoms with E-state index in [0.29, 0.717) is 17.0 Å². The fourth-order valence-electron chi connectivity index (χ4n) is 2.41. The smallest absolute Gasteiger partial charge is 0.142 e. The molecule has 1 unspecified atom stereocenters. The van der Waals surface area contributed by atoms with Crippen LogP contribution in [-0.4, -0.2) is 17.2 Å². The molecule has 0 spiro atoms. The summed E-state index contributed by atoms with van der Waals surface area (Å²) < 4.78 is 5.19. The van der Waals surface area contributed by atoms with Crippen molar-refractivity contribution in [2.75, 3.05) is 12.8 Å². The number of rotatable bonds is 3. The van der Waals surface area contributed by atoms with Gasteiger partial charge in [-0.2, -0.15) is 0 Å². The summed E-state index contributed by atoms with van der Waals surface area (Å²) >= 11 is 0. The highest BCUT2D eigenvalue weighted by Gasteiger charge is 2.16. The van der Waals surface area contributed by atoms with Crippen LogP contribution >= 0.6 is 0 Å². The standard InChI is InChI=1S/C17H16N2O2/c1-21-15-6-2-5-13(16(15)18)17(20)12-8-7-11-4-3-9-19-14(11)10-12/h2-10,17,20H,18H2,1H3. The van der Waals surface area contributed by atoms with Gasteiger partial charge in [0.05, 0.1) is 18.3 Å². The molecule has 3 rings (SSSR count). The van der Waals surface area contributed by atoms with E-state index in [1.807, 2.05) is 36.4 Å². The normalized spacial score (nSPS) is 12.3. The van der Waals surface area contributed by atoms with E-state index < -0.39 is 6.10 Å². The molecule has 1 heterocycles. The summed E-state index contributed by atoms with van der Waals surface area (Å²) in [5.41, 5.74) is 8.72. The number of methoxy groups -OCH3 is 1. The van der Waals surface area contributed by atoms with Crippen LogP contribution in [0.2, 0.25) is 0 Å². The zero-order valence-electron chi connectivity index (χ0n) is 11.7. The Balaban J connectivity index is 2.06. The van der Waals surface area contributed by atoms with Gasteiger partial charge in [-0.05, 0) is 23.8 Å². The van der Waals surface area contributed by atoms with E-state index in [1.54, 1.807) is 25.4 Å². The van der Waals surface area contributed by atoms with Crippen molar-refractivity contribution in [3.63, 3.8) is 0 Å². The number of ether oxygens (including phenoxy) is 1. The minimum atomic E-state index is -0.813. The second-order valence-corrected chi connectivity index (χ2v) is 4.82. The average molecular weight is 280 g/mol. The van der Waals surface area contributed by atoms with E-state index in [9.17, 15) is 5.11 Å². The van der Waals surface area contributed by atoms with Crippen LogP contribution in [0.1, 0.15) is 17.2 Å². The largest absolute Gasteiger partial charge is 0.495 e. The van der Waals surface area contributed by atoms with E-state index in [0.717, 1.165) is 16.5 Å². The second-order valence-electron chi connectivity index (χ2n) is 4.82. The van der Waals surface area contributed by atoms with Crippen LogP contribution < -0.4 is 10.5 Å². The molecule has 106 valence electrons. The minimum Gasteiger partial charge on any atom is -0.495 e. The highest BCUT2D eigenvalue weighted by molar-refractivity contribution is 5.79. The summed E-state index contributed by atoms with van der Waals surface area (Å²) in [6.45, 7) is 0. The Morgan fingerprint density at radius 3 is 2.81 bits per heavy atom. The Hall–Kier alpha value is -2.59. The number of nitrogen functional groups attached to an aromatic ring is 1. The highest BCUT2D eigenvalue weighted by Crippen LogP contribution is 2.33.